The highest BCUT2D eigenvalue weighted by Gasteiger charge is 2.31. The second-order valence-corrected chi connectivity index (χ2v) is 4.49. The molecule has 1 aliphatic rings. The Labute approximate surface area is 85.5 Å². The molecule has 0 aromatic carbocycles. The second kappa shape index (κ2) is 3.35. The number of nitrogens with two attached hydrogens (primary N) is 1. The molecule has 2 N–H and O–H groups in total. The third-order valence-electron chi connectivity index (χ3n) is 3.41. The summed E-state index contributed by atoms with van der Waals surface area (Å²) in [7, 11) is 0. The monoisotopic (exact) mass is 190 g/mol. The summed E-state index contributed by atoms with van der Waals surface area (Å²) >= 11 is 0. The molecule has 0 aliphatic heterocycles. The summed E-state index contributed by atoms with van der Waals surface area (Å²) in [6.45, 7) is 4.14. The zero-order valence-corrected chi connectivity index (χ0v) is 9.01. The van der Waals surface area contributed by atoms with E-state index in [-0.39, 0.29) is 5.54 Å². The zero-order chi connectivity index (χ0) is 10.2. The van der Waals surface area contributed by atoms with E-state index >= 15 is 0 Å². The molecule has 2 rings (SSSR count). The smallest absolute Gasteiger partial charge is 0.0425 e. The molecule has 0 amide bonds. The van der Waals surface area contributed by atoms with Gasteiger partial charge in [-0.3, -0.25) is 4.98 Å². The largest absolute Gasteiger partial charge is 0.321 e. The van der Waals surface area contributed by atoms with Gasteiger partial charge in [0.25, 0.3) is 0 Å². The second-order valence-electron chi connectivity index (χ2n) is 4.49. The maximum absolute atomic E-state index is 6.36. The summed E-state index contributed by atoms with van der Waals surface area (Å²) in [6.07, 6.45) is 6.68. The van der Waals surface area contributed by atoms with E-state index in [0.29, 0.717) is 0 Å². The van der Waals surface area contributed by atoms with Gasteiger partial charge >= 0.3 is 0 Å². The fraction of sp³-hybridized carbons (Fsp3) is 0.583. The van der Waals surface area contributed by atoms with E-state index in [4.69, 9.17) is 5.73 Å². The van der Waals surface area contributed by atoms with Gasteiger partial charge in [-0.15, -0.1) is 0 Å². The molecule has 0 unspecified atom stereocenters. The minimum Gasteiger partial charge on any atom is -0.321 e. The van der Waals surface area contributed by atoms with Crippen LogP contribution in [0.2, 0.25) is 0 Å². The maximum atomic E-state index is 6.36. The minimum atomic E-state index is -0.0918. The SMILES string of the molecule is Cc1cc(C2(N)CCCC2)cnc1C. The van der Waals surface area contributed by atoms with Crippen LogP contribution in [-0.4, -0.2) is 4.98 Å². The van der Waals surface area contributed by atoms with Crippen LogP contribution in [0.3, 0.4) is 0 Å². The van der Waals surface area contributed by atoms with Gasteiger partial charge in [0.15, 0.2) is 0 Å². The minimum absolute atomic E-state index is 0.0918. The lowest BCUT2D eigenvalue weighted by Crippen LogP contribution is -2.33. The van der Waals surface area contributed by atoms with Gasteiger partial charge in [0, 0.05) is 17.4 Å². The molecule has 0 atom stereocenters. The van der Waals surface area contributed by atoms with Crippen LogP contribution in [0.25, 0.3) is 0 Å². The maximum Gasteiger partial charge on any atom is 0.0425 e. The Balaban J connectivity index is 2.36. The number of hydrogen-bond donors (Lipinski definition) is 1. The van der Waals surface area contributed by atoms with Gasteiger partial charge in [0.05, 0.1) is 0 Å². The average Bonchev–Trinajstić information content (AvgIpc) is 2.58. The molecule has 0 spiro atoms. The summed E-state index contributed by atoms with van der Waals surface area (Å²) in [5.41, 5.74) is 9.84. The summed E-state index contributed by atoms with van der Waals surface area (Å²) in [5.74, 6) is 0. The number of nitrogens with zero attached hydrogens (tertiary/aromatic N) is 1. The molecular weight excluding hydrogens is 172 g/mol. The zero-order valence-electron chi connectivity index (χ0n) is 9.01. The Hall–Kier alpha value is -0.890. The number of rotatable bonds is 1. The van der Waals surface area contributed by atoms with Gasteiger partial charge in [-0.05, 0) is 37.8 Å². The van der Waals surface area contributed by atoms with Gasteiger partial charge in [-0.1, -0.05) is 18.9 Å². The Bertz CT molecular complexity index is 338. The summed E-state index contributed by atoms with van der Waals surface area (Å²) in [4.78, 5) is 4.39. The van der Waals surface area contributed by atoms with Crippen LogP contribution < -0.4 is 5.73 Å². The summed E-state index contributed by atoms with van der Waals surface area (Å²) in [5, 5.41) is 0. The molecule has 1 aromatic rings. The summed E-state index contributed by atoms with van der Waals surface area (Å²) in [6, 6.07) is 2.20. The van der Waals surface area contributed by atoms with Crippen molar-refractivity contribution in [3.05, 3.63) is 29.1 Å². The van der Waals surface area contributed by atoms with Gasteiger partial charge in [0.2, 0.25) is 0 Å². The first-order chi connectivity index (χ1) is 6.62. The van der Waals surface area contributed by atoms with Crippen LogP contribution >= 0.6 is 0 Å². The number of aromatic nitrogens is 1. The van der Waals surface area contributed by atoms with Crippen molar-refractivity contribution in [2.24, 2.45) is 5.73 Å². The van der Waals surface area contributed by atoms with E-state index < -0.39 is 0 Å². The van der Waals surface area contributed by atoms with Crippen molar-refractivity contribution in [2.45, 2.75) is 45.1 Å². The van der Waals surface area contributed by atoms with Crippen molar-refractivity contribution in [3.63, 3.8) is 0 Å². The summed E-state index contributed by atoms with van der Waals surface area (Å²) < 4.78 is 0. The number of hydrogen-bond acceptors (Lipinski definition) is 2. The van der Waals surface area contributed by atoms with Crippen molar-refractivity contribution in [3.8, 4) is 0 Å². The number of pyridine rings is 1. The molecule has 76 valence electrons. The van der Waals surface area contributed by atoms with Gasteiger partial charge < -0.3 is 5.73 Å². The van der Waals surface area contributed by atoms with Gasteiger partial charge in [-0.2, -0.15) is 0 Å². The average molecular weight is 190 g/mol. The highest BCUT2D eigenvalue weighted by molar-refractivity contribution is 5.29. The van der Waals surface area contributed by atoms with Crippen LogP contribution in [0.5, 0.6) is 0 Å². The normalized spacial score (nSPS) is 19.9. The first kappa shape index (κ1) is 9.66. The van der Waals surface area contributed by atoms with Crippen molar-refractivity contribution in [1.82, 2.24) is 4.98 Å². The van der Waals surface area contributed by atoms with E-state index in [1.54, 1.807) is 0 Å². The fourth-order valence-corrected chi connectivity index (χ4v) is 2.21. The fourth-order valence-electron chi connectivity index (χ4n) is 2.21. The topological polar surface area (TPSA) is 38.9 Å². The number of aryl methyl sites for hydroxylation is 2. The van der Waals surface area contributed by atoms with E-state index in [1.165, 1.54) is 24.0 Å². The highest BCUT2D eigenvalue weighted by atomic mass is 14.8. The Kier molecular flexibility index (Phi) is 2.31. The quantitative estimate of drug-likeness (QED) is 0.738. The van der Waals surface area contributed by atoms with Crippen molar-refractivity contribution < 1.29 is 0 Å². The van der Waals surface area contributed by atoms with Crippen molar-refractivity contribution in [1.29, 1.82) is 0 Å². The predicted molar refractivity (Wildman–Crippen MR) is 58.0 cm³/mol. The van der Waals surface area contributed by atoms with Crippen molar-refractivity contribution >= 4 is 0 Å². The first-order valence-electron chi connectivity index (χ1n) is 5.34. The van der Waals surface area contributed by atoms with Crippen molar-refractivity contribution in [2.75, 3.05) is 0 Å². The van der Waals surface area contributed by atoms with E-state index in [9.17, 15) is 0 Å². The Morgan fingerprint density at radius 1 is 1.29 bits per heavy atom. The van der Waals surface area contributed by atoms with E-state index in [1.807, 2.05) is 13.1 Å². The lowest BCUT2D eigenvalue weighted by atomic mass is 9.90. The molecule has 2 heteroatoms. The van der Waals surface area contributed by atoms with E-state index in [0.717, 1.165) is 18.5 Å². The van der Waals surface area contributed by atoms with Gasteiger partial charge in [0.1, 0.15) is 0 Å². The lowest BCUT2D eigenvalue weighted by Gasteiger charge is -2.24. The highest BCUT2D eigenvalue weighted by Crippen LogP contribution is 2.36. The molecule has 1 aromatic heterocycles. The third kappa shape index (κ3) is 1.55. The van der Waals surface area contributed by atoms with E-state index in [2.05, 4.69) is 18.0 Å². The molecule has 0 saturated heterocycles. The molecule has 1 heterocycles. The molecule has 1 saturated carbocycles. The van der Waals surface area contributed by atoms with Crippen LogP contribution in [0, 0.1) is 13.8 Å². The van der Waals surface area contributed by atoms with Crippen LogP contribution in [0.15, 0.2) is 12.3 Å². The molecule has 1 fully saturated rings. The Morgan fingerprint density at radius 2 is 1.93 bits per heavy atom. The molecule has 2 nitrogen and oxygen atoms in total. The van der Waals surface area contributed by atoms with Crippen LogP contribution in [0.1, 0.15) is 42.5 Å². The predicted octanol–water partition coefficient (Wildman–Crippen LogP) is 2.43. The first-order valence-corrected chi connectivity index (χ1v) is 5.34. The molecular formula is C12H18N2. The van der Waals surface area contributed by atoms with Crippen LogP contribution in [-0.2, 0) is 5.54 Å². The molecule has 14 heavy (non-hydrogen) atoms. The lowest BCUT2D eigenvalue weighted by molar-refractivity contribution is 0.459. The van der Waals surface area contributed by atoms with Crippen LogP contribution in [0.4, 0.5) is 0 Å². The molecule has 0 radical (unpaired) electrons. The Morgan fingerprint density at radius 3 is 2.50 bits per heavy atom. The van der Waals surface area contributed by atoms with Gasteiger partial charge in [-0.25, -0.2) is 0 Å². The third-order valence-corrected chi connectivity index (χ3v) is 3.41. The molecule has 1 aliphatic carbocycles. The standard InChI is InChI=1S/C12H18N2/c1-9-7-11(8-14-10(9)2)12(13)5-3-4-6-12/h7-8H,3-6,13H2,1-2H3. The molecule has 0 bridgehead atoms.